The molecule has 94 valence electrons. The van der Waals surface area contributed by atoms with Crippen molar-refractivity contribution in [3.63, 3.8) is 0 Å². The molecule has 1 heterocycles. The van der Waals surface area contributed by atoms with Gasteiger partial charge in [-0.3, -0.25) is 0 Å². The number of rotatable bonds is 4. The Labute approximate surface area is 98.8 Å². The summed E-state index contributed by atoms with van der Waals surface area (Å²) in [7, 11) is 0. The van der Waals surface area contributed by atoms with Crippen molar-refractivity contribution in [1.29, 1.82) is 0 Å². The number of halogens is 2. The van der Waals surface area contributed by atoms with Crippen molar-refractivity contribution in [2.75, 3.05) is 18.4 Å². The molecule has 0 saturated carbocycles. The van der Waals surface area contributed by atoms with Crippen LogP contribution in [0.25, 0.3) is 0 Å². The highest BCUT2D eigenvalue weighted by Gasteiger charge is 2.15. The van der Waals surface area contributed by atoms with Crippen molar-refractivity contribution >= 4 is 5.69 Å². The number of nitrogens with one attached hydrogen (secondary N) is 2. The molecule has 0 radical (unpaired) electrons. The summed E-state index contributed by atoms with van der Waals surface area (Å²) >= 11 is 0. The lowest BCUT2D eigenvalue weighted by Gasteiger charge is -2.14. The Morgan fingerprint density at radius 1 is 1.47 bits per heavy atom. The van der Waals surface area contributed by atoms with E-state index >= 15 is 0 Å². The molecule has 1 unspecified atom stereocenters. The number of hydrogen-bond donors (Lipinski definition) is 3. The number of benzene rings is 1. The van der Waals surface area contributed by atoms with E-state index in [1.54, 1.807) is 0 Å². The van der Waals surface area contributed by atoms with E-state index in [0.29, 0.717) is 18.3 Å². The van der Waals surface area contributed by atoms with Crippen LogP contribution in [0.1, 0.15) is 24.8 Å². The van der Waals surface area contributed by atoms with E-state index in [1.165, 1.54) is 12.1 Å². The van der Waals surface area contributed by atoms with Crippen LogP contribution in [0.15, 0.2) is 18.2 Å². The Kier molecular flexibility index (Phi) is 3.78. The minimum atomic E-state index is -2.55. The van der Waals surface area contributed by atoms with Gasteiger partial charge in [-0.05, 0) is 31.5 Å². The van der Waals surface area contributed by atoms with Crippen molar-refractivity contribution in [2.24, 2.45) is 0 Å². The summed E-state index contributed by atoms with van der Waals surface area (Å²) in [5.74, 6) is -0.124. The quantitative estimate of drug-likeness (QED) is 0.711. The summed E-state index contributed by atoms with van der Waals surface area (Å²) in [4.78, 5) is 0. The largest absolute Gasteiger partial charge is 0.506 e. The van der Waals surface area contributed by atoms with Gasteiger partial charge in [0.1, 0.15) is 5.75 Å². The van der Waals surface area contributed by atoms with Crippen LogP contribution >= 0.6 is 0 Å². The molecule has 1 saturated heterocycles. The lowest BCUT2D eigenvalue weighted by atomic mass is 10.2. The zero-order chi connectivity index (χ0) is 12.3. The number of anilines is 1. The van der Waals surface area contributed by atoms with E-state index in [2.05, 4.69) is 10.6 Å². The minimum Gasteiger partial charge on any atom is -0.506 e. The van der Waals surface area contributed by atoms with Gasteiger partial charge in [0.05, 0.1) is 5.69 Å². The summed E-state index contributed by atoms with van der Waals surface area (Å²) in [6, 6.07) is 4.32. The number of alkyl halides is 2. The molecule has 3 N–H and O–H groups in total. The molecule has 3 nitrogen and oxygen atoms in total. The molecule has 1 aliphatic rings. The third-order valence-corrected chi connectivity index (χ3v) is 2.98. The molecule has 0 aliphatic carbocycles. The minimum absolute atomic E-state index is 0.124. The van der Waals surface area contributed by atoms with E-state index in [0.717, 1.165) is 25.5 Å². The first-order valence-corrected chi connectivity index (χ1v) is 5.75. The smallest absolute Gasteiger partial charge is 0.263 e. The monoisotopic (exact) mass is 242 g/mol. The zero-order valence-corrected chi connectivity index (χ0v) is 9.42. The summed E-state index contributed by atoms with van der Waals surface area (Å²) in [5.41, 5.74) is 0.343. The van der Waals surface area contributed by atoms with Crippen LogP contribution in [0.2, 0.25) is 0 Å². The Bertz CT molecular complexity index is 379. The van der Waals surface area contributed by atoms with Crippen LogP contribution in [0, 0.1) is 0 Å². The maximum absolute atomic E-state index is 12.4. The van der Waals surface area contributed by atoms with Gasteiger partial charge in [-0.1, -0.05) is 6.07 Å². The normalized spacial score (nSPS) is 19.8. The van der Waals surface area contributed by atoms with Gasteiger partial charge in [-0.15, -0.1) is 0 Å². The van der Waals surface area contributed by atoms with E-state index in [1.807, 2.05) is 0 Å². The highest BCUT2D eigenvalue weighted by atomic mass is 19.3. The highest BCUT2D eigenvalue weighted by molar-refractivity contribution is 5.57. The highest BCUT2D eigenvalue weighted by Crippen LogP contribution is 2.29. The van der Waals surface area contributed by atoms with Crippen LogP contribution in [-0.4, -0.2) is 24.2 Å². The standard InChI is InChI=1S/C12H16F2N2O/c13-12(14)8-3-4-10(11(17)6-8)16-7-9-2-1-5-15-9/h3-4,6,9,12,15-17H,1-2,5,7H2. The third-order valence-electron chi connectivity index (χ3n) is 2.98. The molecule has 5 heteroatoms. The predicted molar refractivity (Wildman–Crippen MR) is 62.6 cm³/mol. The Hall–Kier alpha value is -1.36. The van der Waals surface area contributed by atoms with Crippen LogP contribution in [0.5, 0.6) is 5.75 Å². The number of phenolic OH excluding ortho intramolecular Hbond substituents is 1. The van der Waals surface area contributed by atoms with Gasteiger partial charge in [0.25, 0.3) is 6.43 Å². The Morgan fingerprint density at radius 3 is 2.88 bits per heavy atom. The second-order valence-corrected chi connectivity index (χ2v) is 4.25. The summed E-state index contributed by atoms with van der Waals surface area (Å²) < 4.78 is 24.7. The molecule has 1 atom stereocenters. The Balaban J connectivity index is 1.96. The van der Waals surface area contributed by atoms with E-state index in [-0.39, 0.29) is 11.3 Å². The first kappa shape index (κ1) is 12.1. The molecule has 0 amide bonds. The topological polar surface area (TPSA) is 44.3 Å². The molecule has 0 spiro atoms. The molecular formula is C12H16F2N2O. The number of aromatic hydroxyl groups is 1. The number of phenols is 1. The van der Waals surface area contributed by atoms with Crippen LogP contribution < -0.4 is 10.6 Å². The zero-order valence-electron chi connectivity index (χ0n) is 9.42. The van der Waals surface area contributed by atoms with Crippen LogP contribution in [0.4, 0.5) is 14.5 Å². The fourth-order valence-electron chi connectivity index (χ4n) is 2.00. The molecule has 2 rings (SSSR count). The van der Waals surface area contributed by atoms with Crippen molar-refractivity contribution in [3.05, 3.63) is 23.8 Å². The van der Waals surface area contributed by atoms with Crippen molar-refractivity contribution in [2.45, 2.75) is 25.3 Å². The molecule has 17 heavy (non-hydrogen) atoms. The van der Waals surface area contributed by atoms with Gasteiger partial charge in [-0.2, -0.15) is 0 Å². The molecule has 1 aromatic carbocycles. The first-order valence-electron chi connectivity index (χ1n) is 5.75. The lowest BCUT2D eigenvalue weighted by Crippen LogP contribution is -2.29. The van der Waals surface area contributed by atoms with Gasteiger partial charge in [0.2, 0.25) is 0 Å². The van der Waals surface area contributed by atoms with Crippen LogP contribution in [-0.2, 0) is 0 Å². The van der Waals surface area contributed by atoms with Gasteiger partial charge in [0.15, 0.2) is 0 Å². The maximum atomic E-state index is 12.4. The van der Waals surface area contributed by atoms with Gasteiger partial charge in [-0.25, -0.2) is 8.78 Å². The average Bonchev–Trinajstić information content (AvgIpc) is 2.80. The lowest BCUT2D eigenvalue weighted by molar-refractivity contribution is 0.151. The molecule has 0 bridgehead atoms. The average molecular weight is 242 g/mol. The molecule has 1 aromatic rings. The third kappa shape index (κ3) is 3.06. The molecular weight excluding hydrogens is 226 g/mol. The Morgan fingerprint density at radius 2 is 2.29 bits per heavy atom. The van der Waals surface area contributed by atoms with Crippen molar-refractivity contribution in [3.8, 4) is 5.75 Å². The van der Waals surface area contributed by atoms with Gasteiger partial charge < -0.3 is 15.7 Å². The second-order valence-electron chi connectivity index (χ2n) is 4.25. The summed E-state index contributed by atoms with van der Waals surface area (Å²) in [6.45, 7) is 1.71. The van der Waals surface area contributed by atoms with E-state index in [4.69, 9.17) is 0 Å². The summed E-state index contributed by atoms with van der Waals surface area (Å²) in [6.07, 6.45) is -0.294. The molecule has 1 aliphatic heterocycles. The first-order chi connectivity index (χ1) is 8.16. The van der Waals surface area contributed by atoms with Crippen molar-refractivity contribution < 1.29 is 13.9 Å². The van der Waals surface area contributed by atoms with E-state index in [9.17, 15) is 13.9 Å². The fraction of sp³-hybridized carbons (Fsp3) is 0.500. The molecule has 0 aromatic heterocycles. The SMILES string of the molecule is Oc1cc(C(F)F)ccc1NCC1CCCN1. The summed E-state index contributed by atoms with van der Waals surface area (Å²) in [5, 5.41) is 16.0. The van der Waals surface area contributed by atoms with Gasteiger partial charge in [0, 0.05) is 18.2 Å². The van der Waals surface area contributed by atoms with E-state index < -0.39 is 6.43 Å². The second kappa shape index (κ2) is 5.31. The van der Waals surface area contributed by atoms with Gasteiger partial charge >= 0.3 is 0 Å². The molecule has 1 fully saturated rings. The fourth-order valence-corrected chi connectivity index (χ4v) is 2.00. The maximum Gasteiger partial charge on any atom is 0.263 e. The predicted octanol–water partition coefficient (Wildman–Crippen LogP) is 2.49. The number of hydrogen-bond acceptors (Lipinski definition) is 3. The van der Waals surface area contributed by atoms with Crippen LogP contribution in [0.3, 0.4) is 0 Å². The van der Waals surface area contributed by atoms with Crippen molar-refractivity contribution in [1.82, 2.24) is 5.32 Å².